The second-order valence-electron chi connectivity index (χ2n) is 7.62. The number of fused-ring (bicyclic) bond motifs is 1. The molecule has 2 aromatic rings. The smallest absolute Gasteiger partial charge is 0.242 e. The maximum Gasteiger partial charge on any atom is 0.242 e. The van der Waals surface area contributed by atoms with E-state index in [0.717, 1.165) is 36.3 Å². The molecule has 0 N–H and O–H groups in total. The standard InChI is InChI=1S/C23H26N2O3/c1-17-6-9-19(10-7-17)28-20-12-14-24(15-13-20)23(27)16-25-21-5-3-2-4-18(21)8-11-22(25)26/h2-7,9-10,20H,8,11-16H2,1H3. The molecule has 0 atom stereocenters. The van der Waals surface area contributed by atoms with Gasteiger partial charge in [0.1, 0.15) is 18.4 Å². The predicted molar refractivity (Wildman–Crippen MR) is 109 cm³/mol. The summed E-state index contributed by atoms with van der Waals surface area (Å²) in [6.45, 7) is 3.51. The van der Waals surface area contributed by atoms with Gasteiger partial charge in [0.05, 0.1) is 0 Å². The first kappa shape index (κ1) is 18.5. The van der Waals surface area contributed by atoms with E-state index in [2.05, 4.69) is 6.92 Å². The summed E-state index contributed by atoms with van der Waals surface area (Å²) in [5.41, 5.74) is 3.23. The Hall–Kier alpha value is -2.82. The average molecular weight is 378 g/mol. The minimum absolute atomic E-state index is 0.0128. The molecule has 0 radical (unpaired) electrons. The third kappa shape index (κ3) is 4.03. The number of hydrogen-bond acceptors (Lipinski definition) is 3. The molecule has 0 aliphatic carbocycles. The van der Waals surface area contributed by atoms with Crippen molar-refractivity contribution in [1.29, 1.82) is 0 Å². The fraction of sp³-hybridized carbons (Fsp3) is 0.391. The molecule has 146 valence electrons. The maximum absolute atomic E-state index is 12.8. The molecular formula is C23H26N2O3. The van der Waals surface area contributed by atoms with Crippen LogP contribution in [-0.4, -0.2) is 42.5 Å². The molecule has 0 spiro atoms. The van der Waals surface area contributed by atoms with Gasteiger partial charge in [-0.25, -0.2) is 0 Å². The summed E-state index contributed by atoms with van der Waals surface area (Å²) in [6.07, 6.45) is 2.97. The Kier molecular flexibility index (Phi) is 5.33. The zero-order chi connectivity index (χ0) is 19.5. The molecule has 2 aliphatic rings. The van der Waals surface area contributed by atoms with Gasteiger partial charge >= 0.3 is 0 Å². The maximum atomic E-state index is 12.8. The van der Waals surface area contributed by atoms with Crippen LogP contribution in [0, 0.1) is 6.92 Å². The second-order valence-corrected chi connectivity index (χ2v) is 7.62. The third-order valence-corrected chi connectivity index (χ3v) is 5.60. The van der Waals surface area contributed by atoms with Crippen LogP contribution < -0.4 is 9.64 Å². The number of aryl methyl sites for hydroxylation is 2. The molecule has 0 saturated carbocycles. The fourth-order valence-electron chi connectivity index (χ4n) is 3.94. The van der Waals surface area contributed by atoms with Gasteiger partial charge in [-0.3, -0.25) is 9.59 Å². The fourth-order valence-corrected chi connectivity index (χ4v) is 3.94. The van der Waals surface area contributed by atoms with Gasteiger partial charge in [0.2, 0.25) is 11.8 Å². The lowest BCUT2D eigenvalue weighted by Gasteiger charge is -2.35. The number of carbonyl (C=O) groups excluding carboxylic acids is 2. The number of benzene rings is 2. The normalized spacial score (nSPS) is 17.4. The molecule has 2 amide bonds. The molecule has 2 aromatic carbocycles. The number of carbonyl (C=O) groups is 2. The zero-order valence-electron chi connectivity index (χ0n) is 16.3. The van der Waals surface area contributed by atoms with E-state index in [4.69, 9.17) is 4.74 Å². The minimum Gasteiger partial charge on any atom is -0.490 e. The van der Waals surface area contributed by atoms with E-state index in [1.807, 2.05) is 53.4 Å². The first-order valence-electron chi connectivity index (χ1n) is 9.99. The summed E-state index contributed by atoms with van der Waals surface area (Å²) < 4.78 is 6.05. The molecule has 5 heteroatoms. The SMILES string of the molecule is Cc1ccc(OC2CCN(C(=O)CN3C(=O)CCc4ccccc43)CC2)cc1. The minimum atomic E-state index is 0.0128. The Balaban J connectivity index is 1.33. The van der Waals surface area contributed by atoms with Crippen LogP contribution in [-0.2, 0) is 16.0 Å². The van der Waals surface area contributed by atoms with Crippen molar-refractivity contribution in [1.82, 2.24) is 4.90 Å². The number of para-hydroxylation sites is 1. The van der Waals surface area contributed by atoms with E-state index in [-0.39, 0.29) is 24.5 Å². The van der Waals surface area contributed by atoms with E-state index in [1.54, 1.807) is 4.90 Å². The third-order valence-electron chi connectivity index (χ3n) is 5.60. The summed E-state index contributed by atoms with van der Waals surface area (Å²) >= 11 is 0. The summed E-state index contributed by atoms with van der Waals surface area (Å²) in [6, 6.07) is 15.9. The van der Waals surface area contributed by atoms with Crippen LogP contribution in [0.25, 0.3) is 0 Å². The highest BCUT2D eigenvalue weighted by molar-refractivity contribution is 6.01. The summed E-state index contributed by atoms with van der Waals surface area (Å²) in [5.74, 6) is 0.925. The lowest BCUT2D eigenvalue weighted by Crippen LogP contribution is -2.48. The molecule has 1 saturated heterocycles. The second kappa shape index (κ2) is 8.05. The van der Waals surface area contributed by atoms with Crippen molar-refractivity contribution in [3.63, 3.8) is 0 Å². The lowest BCUT2D eigenvalue weighted by molar-refractivity contribution is -0.133. The molecule has 1 fully saturated rings. The number of rotatable bonds is 4. The van der Waals surface area contributed by atoms with Crippen LogP contribution in [0.3, 0.4) is 0 Å². The zero-order valence-corrected chi connectivity index (χ0v) is 16.3. The summed E-state index contributed by atoms with van der Waals surface area (Å²) in [5, 5.41) is 0. The molecule has 2 heterocycles. The molecule has 2 aliphatic heterocycles. The van der Waals surface area contributed by atoms with Gasteiger partial charge in [-0.05, 0) is 37.1 Å². The van der Waals surface area contributed by atoms with E-state index in [0.29, 0.717) is 19.5 Å². The Labute approximate surface area is 165 Å². The first-order chi connectivity index (χ1) is 13.6. The Morgan fingerprint density at radius 3 is 2.50 bits per heavy atom. The summed E-state index contributed by atoms with van der Waals surface area (Å²) in [4.78, 5) is 28.7. The van der Waals surface area contributed by atoms with Gasteiger partial charge in [0, 0.05) is 38.0 Å². The monoisotopic (exact) mass is 378 g/mol. The van der Waals surface area contributed by atoms with Crippen LogP contribution in [0.5, 0.6) is 5.75 Å². The largest absolute Gasteiger partial charge is 0.490 e. The van der Waals surface area contributed by atoms with Gasteiger partial charge in [0.25, 0.3) is 0 Å². The number of hydrogen-bond donors (Lipinski definition) is 0. The highest BCUT2D eigenvalue weighted by atomic mass is 16.5. The van der Waals surface area contributed by atoms with Crippen LogP contribution in [0.15, 0.2) is 48.5 Å². The van der Waals surface area contributed by atoms with Gasteiger partial charge < -0.3 is 14.5 Å². The van der Waals surface area contributed by atoms with E-state index < -0.39 is 0 Å². The molecule has 28 heavy (non-hydrogen) atoms. The number of ether oxygens (including phenoxy) is 1. The van der Waals surface area contributed by atoms with Crippen molar-refractivity contribution < 1.29 is 14.3 Å². The van der Waals surface area contributed by atoms with Crippen molar-refractivity contribution in [3.8, 4) is 5.75 Å². The van der Waals surface area contributed by atoms with Crippen molar-refractivity contribution in [2.45, 2.75) is 38.7 Å². The Morgan fingerprint density at radius 2 is 1.75 bits per heavy atom. The van der Waals surface area contributed by atoms with Crippen molar-refractivity contribution in [3.05, 3.63) is 59.7 Å². The van der Waals surface area contributed by atoms with Crippen molar-refractivity contribution >= 4 is 17.5 Å². The van der Waals surface area contributed by atoms with Crippen LogP contribution in [0.1, 0.15) is 30.4 Å². The van der Waals surface area contributed by atoms with Crippen LogP contribution in [0.4, 0.5) is 5.69 Å². The molecule has 0 bridgehead atoms. The number of anilines is 1. The molecule has 0 aromatic heterocycles. The Bertz CT molecular complexity index is 854. The van der Waals surface area contributed by atoms with Gasteiger partial charge in [-0.2, -0.15) is 0 Å². The van der Waals surface area contributed by atoms with E-state index in [9.17, 15) is 9.59 Å². The van der Waals surface area contributed by atoms with Crippen molar-refractivity contribution in [2.24, 2.45) is 0 Å². The number of amides is 2. The molecule has 4 rings (SSSR count). The highest BCUT2D eigenvalue weighted by Crippen LogP contribution is 2.27. The van der Waals surface area contributed by atoms with Crippen molar-refractivity contribution in [2.75, 3.05) is 24.5 Å². The van der Waals surface area contributed by atoms with Gasteiger partial charge in [0.15, 0.2) is 0 Å². The lowest BCUT2D eigenvalue weighted by atomic mass is 10.0. The molecular weight excluding hydrogens is 352 g/mol. The average Bonchev–Trinajstić information content (AvgIpc) is 2.72. The highest BCUT2D eigenvalue weighted by Gasteiger charge is 2.29. The van der Waals surface area contributed by atoms with Crippen LogP contribution >= 0.6 is 0 Å². The first-order valence-corrected chi connectivity index (χ1v) is 9.99. The number of piperidine rings is 1. The number of likely N-dealkylation sites (tertiary alicyclic amines) is 1. The predicted octanol–water partition coefficient (Wildman–Crippen LogP) is 3.34. The quantitative estimate of drug-likeness (QED) is 0.820. The van der Waals surface area contributed by atoms with Gasteiger partial charge in [-0.1, -0.05) is 35.9 Å². The molecule has 0 unspecified atom stereocenters. The van der Waals surface area contributed by atoms with E-state index in [1.165, 1.54) is 5.56 Å². The summed E-state index contributed by atoms with van der Waals surface area (Å²) in [7, 11) is 0. The topological polar surface area (TPSA) is 49.9 Å². The van der Waals surface area contributed by atoms with E-state index >= 15 is 0 Å². The number of nitrogens with zero attached hydrogens (tertiary/aromatic N) is 2. The van der Waals surface area contributed by atoms with Gasteiger partial charge in [-0.15, -0.1) is 0 Å². The molecule has 5 nitrogen and oxygen atoms in total. The Morgan fingerprint density at radius 1 is 1.04 bits per heavy atom. The van der Waals surface area contributed by atoms with Crippen LogP contribution in [0.2, 0.25) is 0 Å².